The molecule has 0 aromatic carbocycles. The summed E-state index contributed by atoms with van der Waals surface area (Å²) >= 11 is 0. The summed E-state index contributed by atoms with van der Waals surface area (Å²) in [5.74, 6) is 1.53. The Kier molecular flexibility index (Phi) is 11.6. The number of carbonyl (C=O) groups is 1. The fourth-order valence-corrected chi connectivity index (χ4v) is 3.72. The van der Waals surface area contributed by atoms with Crippen molar-refractivity contribution in [1.82, 2.24) is 20.0 Å². The average Bonchev–Trinajstić information content (AvgIpc) is 2.65. The van der Waals surface area contributed by atoms with Gasteiger partial charge in [-0.1, -0.05) is 6.92 Å². The molecule has 0 saturated carbocycles. The Morgan fingerprint density at radius 2 is 1.81 bits per heavy atom. The second-order valence-corrected chi connectivity index (χ2v) is 7.65. The van der Waals surface area contributed by atoms with E-state index in [0.29, 0.717) is 12.5 Å². The number of nitrogens with one attached hydrogen (secondary N) is 1. The molecular weight excluding hydrogens is 457 g/mol. The van der Waals surface area contributed by atoms with Crippen LogP contribution >= 0.6 is 24.0 Å². The van der Waals surface area contributed by atoms with Crippen LogP contribution in [0.25, 0.3) is 0 Å². The molecule has 2 fully saturated rings. The third kappa shape index (κ3) is 8.11. The van der Waals surface area contributed by atoms with Crippen molar-refractivity contribution in [3.8, 4) is 0 Å². The highest BCUT2D eigenvalue weighted by molar-refractivity contribution is 14.0. The SMILES string of the molecule is CCOC(=O)C1CCN(C(=NC)NCC(C)CN2CCN(C)CC2)CC1.I. The van der Waals surface area contributed by atoms with E-state index in [-0.39, 0.29) is 35.9 Å². The van der Waals surface area contributed by atoms with E-state index in [2.05, 4.69) is 39.0 Å². The molecular formula is C19H38IN5O2. The van der Waals surface area contributed by atoms with Crippen molar-refractivity contribution in [2.75, 3.05) is 73.1 Å². The van der Waals surface area contributed by atoms with E-state index in [1.54, 1.807) is 0 Å². The summed E-state index contributed by atoms with van der Waals surface area (Å²) in [4.78, 5) is 23.5. The molecule has 2 aliphatic rings. The van der Waals surface area contributed by atoms with Crippen LogP contribution in [0, 0.1) is 11.8 Å². The molecule has 1 N–H and O–H groups in total. The Balaban J connectivity index is 0.00000364. The summed E-state index contributed by atoms with van der Waals surface area (Å²) in [5.41, 5.74) is 0. The lowest BCUT2D eigenvalue weighted by Gasteiger charge is -2.35. The van der Waals surface area contributed by atoms with Crippen molar-refractivity contribution in [3.63, 3.8) is 0 Å². The number of halogens is 1. The van der Waals surface area contributed by atoms with Crippen LogP contribution in [-0.4, -0.2) is 99.7 Å². The van der Waals surface area contributed by atoms with Crippen LogP contribution in [0.2, 0.25) is 0 Å². The predicted octanol–water partition coefficient (Wildman–Crippen LogP) is 1.34. The molecule has 8 heteroatoms. The molecule has 0 radical (unpaired) electrons. The van der Waals surface area contributed by atoms with Crippen LogP contribution in [0.15, 0.2) is 4.99 Å². The van der Waals surface area contributed by atoms with Crippen molar-refractivity contribution >= 4 is 35.9 Å². The largest absolute Gasteiger partial charge is 0.466 e. The number of rotatable bonds is 6. The van der Waals surface area contributed by atoms with E-state index in [0.717, 1.165) is 71.2 Å². The highest BCUT2D eigenvalue weighted by atomic mass is 127. The summed E-state index contributed by atoms with van der Waals surface area (Å²) in [6.07, 6.45) is 1.69. The maximum absolute atomic E-state index is 11.9. The molecule has 0 bridgehead atoms. The van der Waals surface area contributed by atoms with Gasteiger partial charge in [-0.25, -0.2) is 0 Å². The van der Waals surface area contributed by atoms with Gasteiger partial charge in [0.2, 0.25) is 0 Å². The zero-order chi connectivity index (χ0) is 18.9. The van der Waals surface area contributed by atoms with Gasteiger partial charge in [-0.15, -0.1) is 24.0 Å². The number of piperazine rings is 1. The van der Waals surface area contributed by atoms with Crippen LogP contribution in [0.1, 0.15) is 26.7 Å². The van der Waals surface area contributed by atoms with Crippen molar-refractivity contribution in [3.05, 3.63) is 0 Å². The second-order valence-electron chi connectivity index (χ2n) is 7.65. The molecule has 0 aliphatic carbocycles. The Bertz CT molecular complexity index is 461. The smallest absolute Gasteiger partial charge is 0.309 e. The van der Waals surface area contributed by atoms with Crippen molar-refractivity contribution in [2.45, 2.75) is 26.7 Å². The van der Waals surface area contributed by atoms with Gasteiger partial charge in [0.25, 0.3) is 0 Å². The highest BCUT2D eigenvalue weighted by Gasteiger charge is 2.27. The van der Waals surface area contributed by atoms with Crippen molar-refractivity contribution < 1.29 is 9.53 Å². The predicted molar refractivity (Wildman–Crippen MR) is 121 cm³/mol. The number of aliphatic imine (C=N–C) groups is 1. The molecule has 1 atom stereocenters. The lowest BCUT2D eigenvalue weighted by atomic mass is 9.97. The zero-order valence-corrected chi connectivity index (χ0v) is 19.8. The Morgan fingerprint density at radius 3 is 2.37 bits per heavy atom. The fraction of sp³-hybridized carbons (Fsp3) is 0.895. The van der Waals surface area contributed by atoms with Gasteiger partial charge >= 0.3 is 5.97 Å². The van der Waals surface area contributed by atoms with Gasteiger partial charge in [0.1, 0.15) is 0 Å². The Hall–Kier alpha value is -0.610. The molecule has 1 unspecified atom stereocenters. The van der Waals surface area contributed by atoms with Crippen LogP contribution in [0.3, 0.4) is 0 Å². The van der Waals surface area contributed by atoms with E-state index in [4.69, 9.17) is 4.74 Å². The maximum atomic E-state index is 11.9. The monoisotopic (exact) mass is 495 g/mol. The lowest BCUT2D eigenvalue weighted by molar-refractivity contribution is -0.149. The summed E-state index contributed by atoms with van der Waals surface area (Å²) in [5, 5.41) is 3.53. The van der Waals surface area contributed by atoms with E-state index in [1.807, 2.05) is 14.0 Å². The van der Waals surface area contributed by atoms with Gasteiger partial charge in [-0.2, -0.15) is 0 Å². The van der Waals surface area contributed by atoms with Gasteiger partial charge < -0.3 is 24.8 Å². The van der Waals surface area contributed by atoms with Crippen LogP contribution < -0.4 is 5.32 Å². The Morgan fingerprint density at radius 1 is 1.19 bits per heavy atom. The van der Waals surface area contributed by atoms with Gasteiger partial charge in [-0.3, -0.25) is 9.79 Å². The number of ether oxygens (including phenoxy) is 1. The third-order valence-electron chi connectivity index (χ3n) is 5.40. The summed E-state index contributed by atoms with van der Waals surface area (Å²) in [6.45, 7) is 13.1. The first-order valence-electron chi connectivity index (χ1n) is 10.1. The number of likely N-dealkylation sites (tertiary alicyclic amines) is 1. The number of piperidine rings is 1. The minimum atomic E-state index is -0.0455. The fourth-order valence-electron chi connectivity index (χ4n) is 3.72. The molecule has 158 valence electrons. The first-order chi connectivity index (χ1) is 12.5. The first kappa shape index (κ1) is 24.4. The van der Waals surface area contributed by atoms with E-state index < -0.39 is 0 Å². The summed E-state index contributed by atoms with van der Waals surface area (Å²) in [6, 6.07) is 0. The second kappa shape index (κ2) is 12.8. The number of carbonyl (C=O) groups excluding carboxylic acids is 1. The van der Waals surface area contributed by atoms with Crippen molar-refractivity contribution in [1.29, 1.82) is 0 Å². The highest BCUT2D eigenvalue weighted by Crippen LogP contribution is 2.18. The number of hydrogen-bond acceptors (Lipinski definition) is 5. The standard InChI is InChI=1S/C19H37N5O2.HI/c1-5-26-18(25)17-6-8-24(9-7-17)19(20-3)21-14-16(2)15-23-12-10-22(4)11-13-23;/h16-17H,5-15H2,1-4H3,(H,20,21);1H. The molecule has 2 aliphatic heterocycles. The van der Waals surface area contributed by atoms with E-state index in [1.165, 1.54) is 0 Å². The maximum Gasteiger partial charge on any atom is 0.309 e. The molecule has 0 amide bonds. The summed E-state index contributed by atoms with van der Waals surface area (Å²) in [7, 11) is 4.03. The zero-order valence-electron chi connectivity index (χ0n) is 17.4. The lowest BCUT2D eigenvalue weighted by Crippen LogP contribution is -2.49. The molecule has 0 spiro atoms. The van der Waals surface area contributed by atoms with Crippen molar-refractivity contribution in [2.24, 2.45) is 16.8 Å². The molecule has 0 aromatic heterocycles. The van der Waals surface area contributed by atoms with Crippen LogP contribution in [-0.2, 0) is 9.53 Å². The number of nitrogens with zero attached hydrogens (tertiary/aromatic N) is 4. The minimum Gasteiger partial charge on any atom is -0.466 e. The molecule has 2 rings (SSSR count). The van der Waals surface area contributed by atoms with Crippen LogP contribution in [0.4, 0.5) is 0 Å². The normalized spacial score (nSPS) is 21.5. The molecule has 27 heavy (non-hydrogen) atoms. The first-order valence-corrected chi connectivity index (χ1v) is 10.1. The molecule has 2 heterocycles. The van der Waals surface area contributed by atoms with Gasteiger partial charge in [0, 0.05) is 59.4 Å². The topological polar surface area (TPSA) is 60.4 Å². The molecule has 0 aromatic rings. The van der Waals surface area contributed by atoms with Crippen LogP contribution in [0.5, 0.6) is 0 Å². The average molecular weight is 495 g/mol. The summed E-state index contributed by atoms with van der Waals surface area (Å²) < 4.78 is 5.15. The quantitative estimate of drug-likeness (QED) is 0.260. The number of guanidine groups is 1. The number of hydrogen-bond donors (Lipinski definition) is 1. The third-order valence-corrected chi connectivity index (χ3v) is 5.40. The van der Waals surface area contributed by atoms with Gasteiger partial charge in [0.05, 0.1) is 12.5 Å². The van der Waals surface area contributed by atoms with Gasteiger partial charge in [0.15, 0.2) is 5.96 Å². The Labute approximate surface area is 181 Å². The minimum absolute atomic E-state index is 0. The molecule has 2 saturated heterocycles. The van der Waals surface area contributed by atoms with E-state index in [9.17, 15) is 4.79 Å². The molecule has 7 nitrogen and oxygen atoms in total. The number of esters is 1. The van der Waals surface area contributed by atoms with E-state index >= 15 is 0 Å². The van der Waals surface area contributed by atoms with Gasteiger partial charge in [-0.05, 0) is 32.7 Å². The number of likely N-dealkylation sites (N-methyl/N-ethyl adjacent to an activating group) is 1.